The lowest BCUT2D eigenvalue weighted by atomic mass is 10.1. The van der Waals surface area contributed by atoms with Crippen LogP contribution in [-0.2, 0) is 4.74 Å². The molecule has 1 aromatic rings. The van der Waals surface area contributed by atoms with Crippen molar-refractivity contribution in [2.45, 2.75) is 38.9 Å². The predicted octanol–water partition coefficient (Wildman–Crippen LogP) is 2.72. The molecule has 3 heteroatoms. The van der Waals surface area contributed by atoms with Crippen LogP contribution in [0.25, 0.3) is 0 Å². The Morgan fingerprint density at radius 3 is 2.39 bits per heavy atom. The fourth-order valence-electron chi connectivity index (χ4n) is 2.34. The van der Waals surface area contributed by atoms with E-state index in [1.54, 1.807) is 0 Å². The molecule has 0 radical (unpaired) electrons. The molecular formula is C15H21NO2. The molecule has 0 atom stereocenters. The maximum atomic E-state index is 12.2. The molecule has 98 valence electrons. The smallest absolute Gasteiger partial charge is 0.253 e. The van der Waals surface area contributed by atoms with Gasteiger partial charge in [0.15, 0.2) is 0 Å². The summed E-state index contributed by atoms with van der Waals surface area (Å²) in [4.78, 5) is 14.1. The lowest BCUT2D eigenvalue weighted by Crippen LogP contribution is -2.41. The van der Waals surface area contributed by atoms with Crippen molar-refractivity contribution in [1.82, 2.24) is 4.90 Å². The maximum Gasteiger partial charge on any atom is 0.253 e. The molecule has 0 aromatic heterocycles. The van der Waals surface area contributed by atoms with Gasteiger partial charge < -0.3 is 9.64 Å². The number of hydrogen-bond acceptors (Lipinski definition) is 2. The molecule has 1 aliphatic heterocycles. The highest BCUT2D eigenvalue weighted by Crippen LogP contribution is 2.17. The summed E-state index contributed by atoms with van der Waals surface area (Å²) in [5.41, 5.74) is 0.778. The molecule has 1 fully saturated rings. The van der Waals surface area contributed by atoms with Crippen LogP contribution in [0.3, 0.4) is 0 Å². The first-order chi connectivity index (χ1) is 8.66. The molecule has 1 amide bonds. The third-order valence-electron chi connectivity index (χ3n) is 3.21. The summed E-state index contributed by atoms with van der Waals surface area (Å²) in [6, 6.07) is 9.49. The number of hydrogen-bond donors (Lipinski definition) is 0. The van der Waals surface area contributed by atoms with Crippen molar-refractivity contribution in [3.8, 4) is 0 Å². The Morgan fingerprint density at radius 1 is 1.22 bits per heavy atom. The monoisotopic (exact) mass is 247 g/mol. The molecule has 18 heavy (non-hydrogen) atoms. The van der Waals surface area contributed by atoms with Crippen molar-refractivity contribution < 1.29 is 9.53 Å². The van der Waals surface area contributed by atoms with Gasteiger partial charge in [0.1, 0.15) is 0 Å². The Bertz CT molecular complexity index is 381. The first kappa shape index (κ1) is 13.1. The zero-order valence-electron chi connectivity index (χ0n) is 11.1. The molecule has 0 aliphatic carbocycles. The summed E-state index contributed by atoms with van der Waals surface area (Å²) in [5.74, 6) is 0.138. The molecular weight excluding hydrogens is 226 g/mol. The van der Waals surface area contributed by atoms with Crippen LogP contribution in [0.4, 0.5) is 0 Å². The van der Waals surface area contributed by atoms with Crippen LogP contribution in [0.15, 0.2) is 30.3 Å². The average Bonchev–Trinajstić information content (AvgIpc) is 2.39. The normalized spacial score (nSPS) is 17.2. The van der Waals surface area contributed by atoms with Crippen LogP contribution in [0.2, 0.25) is 0 Å². The largest absolute Gasteiger partial charge is 0.375 e. The lowest BCUT2D eigenvalue weighted by molar-refractivity contribution is -0.0236. The third kappa shape index (κ3) is 3.33. The summed E-state index contributed by atoms with van der Waals surface area (Å²) in [6.45, 7) is 5.71. The quantitative estimate of drug-likeness (QED) is 0.822. The highest BCUT2D eigenvalue weighted by atomic mass is 16.5. The number of amides is 1. The van der Waals surface area contributed by atoms with Gasteiger partial charge in [0.2, 0.25) is 0 Å². The zero-order valence-corrected chi connectivity index (χ0v) is 11.1. The van der Waals surface area contributed by atoms with E-state index in [4.69, 9.17) is 4.74 Å². The van der Waals surface area contributed by atoms with Crippen LogP contribution in [0.5, 0.6) is 0 Å². The number of ether oxygens (including phenoxy) is 1. The lowest BCUT2D eigenvalue weighted by Gasteiger charge is -2.32. The molecule has 0 spiro atoms. The second-order valence-electron chi connectivity index (χ2n) is 5.04. The van der Waals surface area contributed by atoms with Crippen LogP contribution in [0.1, 0.15) is 37.0 Å². The molecule has 0 saturated carbocycles. The molecule has 1 heterocycles. The van der Waals surface area contributed by atoms with Gasteiger partial charge in [0.05, 0.1) is 12.2 Å². The number of piperidine rings is 1. The topological polar surface area (TPSA) is 29.5 Å². The Balaban J connectivity index is 1.88. The molecule has 1 saturated heterocycles. The fraction of sp³-hybridized carbons (Fsp3) is 0.533. The van der Waals surface area contributed by atoms with Gasteiger partial charge in [0, 0.05) is 18.7 Å². The predicted molar refractivity (Wildman–Crippen MR) is 71.6 cm³/mol. The van der Waals surface area contributed by atoms with Crippen molar-refractivity contribution in [2.75, 3.05) is 13.1 Å². The number of carbonyl (C=O) groups excluding carboxylic acids is 1. The highest BCUT2D eigenvalue weighted by Gasteiger charge is 2.24. The summed E-state index contributed by atoms with van der Waals surface area (Å²) in [5, 5.41) is 0. The number of likely N-dealkylation sites (tertiary alicyclic amines) is 1. The summed E-state index contributed by atoms with van der Waals surface area (Å²) >= 11 is 0. The van der Waals surface area contributed by atoms with E-state index in [0.29, 0.717) is 6.10 Å². The summed E-state index contributed by atoms with van der Waals surface area (Å²) < 4.78 is 5.79. The van der Waals surface area contributed by atoms with E-state index in [1.807, 2.05) is 35.2 Å². The molecule has 0 N–H and O–H groups in total. The number of benzene rings is 1. The van der Waals surface area contributed by atoms with Gasteiger partial charge in [-0.1, -0.05) is 18.2 Å². The van der Waals surface area contributed by atoms with Crippen molar-refractivity contribution in [1.29, 1.82) is 0 Å². The Kier molecular flexibility index (Phi) is 4.37. The van der Waals surface area contributed by atoms with E-state index in [2.05, 4.69) is 13.8 Å². The Labute approximate surface area is 109 Å². The van der Waals surface area contributed by atoms with Gasteiger partial charge in [-0.25, -0.2) is 0 Å². The molecule has 1 aliphatic rings. The van der Waals surface area contributed by atoms with Crippen LogP contribution in [0, 0.1) is 0 Å². The number of nitrogens with zero attached hydrogens (tertiary/aromatic N) is 1. The highest BCUT2D eigenvalue weighted by molar-refractivity contribution is 5.94. The van der Waals surface area contributed by atoms with Gasteiger partial charge >= 0.3 is 0 Å². The van der Waals surface area contributed by atoms with Gasteiger partial charge in [-0.05, 0) is 38.8 Å². The minimum absolute atomic E-state index is 0.138. The van der Waals surface area contributed by atoms with Gasteiger partial charge in [-0.2, -0.15) is 0 Å². The van der Waals surface area contributed by atoms with Gasteiger partial charge in [-0.15, -0.1) is 0 Å². The molecule has 2 rings (SSSR count). The van der Waals surface area contributed by atoms with Crippen molar-refractivity contribution >= 4 is 5.91 Å². The van der Waals surface area contributed by atoms with Gasteiger partial charge in [0.25, 0.3) is 5.91 Å². The first-order valence-corrected chi connectivity index (χ1v) is 6.66. The molecule has 0 bridgehead atoms. The zero-order chi connectivity index (χ0) is 13.0. The van der Waals surface area contributed by atoms with Crippen molar-refractivity contribution in [2.24, 2.45) is 0 Å². The van der Waals surface area contributed by atoms with Gasteiger partial charge in [-0.3, -0.25) is 4.79 Å². The second kappa shape index (κ2) is 6.01. The minimum atomic E-state index is 0.138. The van der Waals surface area contributed by atoms with E-state index in [1.165, 1.54) is 0 Å². The minimum Gasteiger partial charge on any atom is -0.375 e. The van der Waals surface area contributed by atoms with E-state index in [9.17, 15) is 4.79 Å². The molecule has 0 unspecified atom stereocenters. The standard InChI is InChI=1S/C15H21NO2/c1-12(2)18-14-8-10-16(11-9-14)15(17)13-6-4-3-5-7-13/h3-7,12,14H,8-11H2,1-2H3. The summed E-state index contributed by atoms with van der Waals surface area (Å²) in [6.07, 6.45) is 2.46. The summed E-state index contributed by atoms with van der Waals surface area (Å²) in [7, 11) is 0. The average molecular weight is 247 g/mol. The number of carbonyl (C=O) groups is 1. The fourth-order valence-corrected chi connectivity index (χ4v) is 2.34. The van der Waals surface area contributed by atoms with E-state index in [-0.39, 0.29) is 12.0 Å². The van der Waals surface area contributed by atoms with Crippen molar-refractivity contribution in [3.05, 3.63) is 35.9 Å². The van der Waals surface area contributed by atoms with E-state index < -0.39 is 0 Å². The number of rotatable bonds is 3. The van der Waals surface area contributed by atoms with E-state index >= 15 is 0 Å². The van der Waals surface area contributed by atoms with Crippen molar-refractivity contribution in [3.63, 3.8) is 0 Å². The van der Waals surface area contributed by atoms with Crippen LogP contribution in [-0.4, -0.2) is 36.1 Å². The van der Waals surface area contributed by atoms with Crippen LogP contribution < -0.4 is 0 Å². The Morgan fingerprint density at radius 2 is 1.83 bits per heavy atom. The first-order valence-electron chi connectivity index (χ1n) is 6.66. The molecule has 3 nitrogen and oxygen atoms in total. The SMILES string of the molecule is CC(C)OC1CCN(C(=O)c2ccccc2)CC1. The maximum absolute atomic E-state index is 12.2. The third-order valence-corrected chi connectivity index (χ3v) is 3.21. The Hall–Kier alpha value is -1.35. The van der Waals surface area contributed by atoms with Crippen LogP contribution >= 0.6 is 0 Å². The van der Waals surface area contributed by atoms with E-state index in [0.717, 1.165) is 31.5 Å². The molecule has 1 aromatic carbocycles. The second-order valence-corrected chi connectivity index (χ2v) is 5.04.